The summed E-state index contributed by atoms with van der Waals surface area (Å²) in [5.74, 6) is -3.25. The zero-order chi connectivity index (χ0) is 20.7. The molecule has 0 heterocycles. The van der Waals surface area contributed by atoms with Crippen LogP contribution in [-0.4, -0.2) is 24.5 Å². The lowest BCUT2D eigenvalue weighted by molar-refractivity contribution is -0.147. The second-order valence-electron chi connectivity index (χ2n) is 5.65. The highest BCUT2D eigenvalue weighted by Crippen LogP contribution is 2.20. The number of rotatable bonds is 7. The van der Waals surface area contributed by atoms with Crippen LogP contribution in [0.5, 0.6) is 0 Å². The molecule has 0 aliphatic rings. The van der Waals surface area contributed by atoms with Crippen molar-refractivity contribution in [1.29, 1.82) is 0 Å². The van der Waals surface area contributed by atoms with Gasteiger partial charge in [0.25, 0.3) is 5.91 Å². The first kappa shape index (κ1) is 21.1. The molecule has 0 unspecified atom stereocenters. The fourth-order valence-electron chi connectivity index (χ4n) is 2.27. The average Bonchev–Trinajstić information content (AvgIpc) is 2.63. The zero-order valence-corrected chi connectivity index (χ0v) is 15.1. The van der Waals surface area contributed by atoms with Crippen molar-refractivity contribution < 1.29 is 27.9 Å². The Kier molecular flexibility index (Phi) is 7.28. The predicted octanol–water partition coefficient (Wildman–Crippen LogP) is 2.90. The van der Waals surface area contributed by atoms with E-state index in [9.17, 15) is 23.2 Å². The molecule has 0 spiro atoms. The molecular weight excluding hydrogens is 396 g/mol. The molecule has 0 saturated carbocycles. The van der Waals surface area contributed by atoms with Crippen LogP contribution in [0.15, 0.2) is 42.5 Å². The monoisotopic (exact) mass is 411 g/mol. The minimum atomic E-state index is -0.858. The molecule has 0 aromatic heterocycles. The molecule has 3 amide bonds. The SMILES string of the molecule is NC(=O)N[C@@H](CC(=O)OCC(=O)Nc1cc(F)ccc1F)c1ccc(Cl)cc1. The second-order valence-corrected chi connectivity index (χ2v) is 6.09. The van der Waals surface area contributed by atoms with Crippen LogP contribution in [0.25, 0.3) is 0 Å². The van der Waals surface area contributed by atoms with Crippen LogP contribution < -0.4 is 16.4 Å². The largest absolute Gasteiger partial charge is 0.455 e. The summed E-state index contributed by atoms with van der Waals surface area (Å²) < 4.78 is 31.4. The normalized spacial score (nSPS) is 11.4. The van der Waals surface area contributed by atoms with Crippen molar-refractivity contribution in [1.82, 2.24) is 5.32 Å². The average molecular weight is 412 g/mol. The van der Waals surface area contributed by atoms with E-state index in [1.807, 2.05) is 0 Å². The van der Waals surface area contributed by atoms with Gasteiger partial charge in [-0.1, -0.05) is 23.7 Å². The molecular formula is C18H16ClF2N3O4. The summed E-state index contributed by atoms with van der Waals surface area (Å²) in [6.07, 6.45) is -0.313. The maximum atomic E-state index is 13.5. The van der Waals surface area contributed by atoms with Crippen molar-refractivity contribution >= 4 is 35.2 Å². The number of nitrogens with two attached hydrogens (primary N) is 1. The fourth-order valence-corrected chi connectivity index (χ4v) is 2.40. The highest BCUT2D eigenvalue weighted by atomic mass is 35.5. The van der Waals surface area contributed by atoms with E-state index in [1.54, 1.807) is 24.3 Å². The Morgan fingerprint density at radius 3 is 2.43 bits per heavy atom. The Morgan fingerprint density at radius 1 is 1.11 bits per heavy atom. The minimum absolute atomic E-state index is 0.313. The van der Waals surface area contributed by atoms with E-state index in [2.05, 4.69) is 10.6 Å². The lowest BCUT2D eigenvalue weighted by Crippen LogP contribution is -2.35. The maximum absolute atomic E-state index is 13.5. The summed E-state index contributed by atoms with van der Waals surface area (Å²) in [6, 6.07) is 7.21. The Morgan fingerprint density at radius 2 is 1.79 bits per heavy atom. The van der Waals surface area contributed by atoms with Crippen molar-refractivity contribution in [3.8, 4) is 0 Å². The molecule has 0 saturated heterocycles. The van der Waals surface area contributed by atoms with Crippen LogP contribution in [0.3, 0.4) is 0 Å². The van der Waals surface area contributed by atoms with Crippen LogP contribution in [0.4, 0.5) is 19.3 Å². The number of primary amides is 1. The van der Waals surface area contributed by atoms with Crippen molar-refractivity contribution in [2.45, 2.75) is 12.5 Å². The predicted molar refractivity (Wildman–Crippen MR) is 97.5 cm³/mol. The molecule has 4 N–H and O–H groups in total. The van der Waals surface area contributed by atoms with Crippen LogP contribution >= 0.6 is 11.6 Å². The Labute approximate surface area is 163 Å². The second kappa shape index (κ2) is 9.65. The summed E-state index contributed by atoms with van der Waals surface area (Å²) in [7, 11) is 0. The first-order valence-corrected chi connectivity index (χ1v) is 8.34. The topological polar surface area (TPSA) is 111 Å². The third kappa shape index (κ3) is 6.51. The molecule has 7 nitrogen and oxygen atoms in total. The highest BCUT2D eigenvalue weighted by molar-refractivity contribution is 6.30. The van der Waals surface area contributed by atoms with Crippen molar-refractivity contribution in [2.24, 2.45) is 5.73 Å². The summed E-state index contributed by atoms with van der Waals surface area (Å²) in [5, 5.41) is 4.95. The van der Waals surface area contributed by atoms with Gasteiger partial charge in [-0.2, -0.15) is 0 Å². The smallest absolute Gasteiger partial charge is 0.312 e. The van der Waals surface area contributed by atoms with E-state index in [-0.39, 0.29) is 12.1 Å². The number of halogens is 3. The number of urea groups is 1. The zero-order valence-electron chi connectivity index (χ0n) is 14.4. The maximum Gasteiger partial charge on any atom is 0.312 e. The number of carbonyl (C=O) groups is 3. The molecule has 0 fully saturated rings. The van der Waals surface area contributed by atoms with Gasteiger partial charge in [0.05, 0.1) is 18.2 Å². The van der Waals surface area contributed by atoms with Gasteiger partial charge in [-0.15, -0.1) is 0 Å². The highest BCUT2D eigenvalue weighted by Gasteiger charge is 2.19. The summed E-state index contributed by atoms with van der Waals surface area (Å²) in [4.78, 5) is 34.9. The third-order valence-electron chi connectivity index (χ3n) is 3.53. The lowest BCUT2D eigenvalue weighted by Gasteiger charge is -2.17. The number of anilines is 1. The standard InChI is InChI=1S/C18H16ClF2N3O4/c19-11-3-1-10(2-4-11)14(24-18(22)27)8-17(26)28-9-16(25)23-15-7-12(20)5-6-13(15)21/h1-7,14H,8-9H2,(H,23,25)(H3,22,24,27)/t14-/m0/s1. The van der Waals surface area contributed by atoms with Gasteiger partial charge >= 0.3 is 12.0 Å². The first-order chi connectivity index (χ1) is 13.2. The first-order valence-electron chi connectivity index (χ1n) is 7.96. The number of esters is 1. The van der Waals surface area contributed by atoms with Crippen LogP contribution in [-0.2, 0) is 14.3 Å². The Hall–Kier alpha value is -3.20. The van der Waals surface area contributed by atoms with Crippen molar-refractivity contribution in [3.63, 3.8) is 0 Å². The van der Waals surface area contributed by atoms with E-state index >= 15 is 0 Å². The van der Waals surface area contributed by atoms with Gasteiger partial charge < -0.3 is 21.1 Å². The number of amides is 3. The lowest BCUT2D eigenvalue weighted by atomic mass is 10.0. The minimum Gasteiger partial charge on any atom is -0.455 e. The molecule has 0 radical (unpaired) electrons. The number of carbonyl (C=O) groups excluding carboxylic acids is 3. The number of hydrogen-bond donors (Lipinski definition) is 3. The van der Waals surface area contributed by atoms with Gasteiger partial charge in [0.1, 0.15) is 11.6 Å². The molecule has 0 bridgehead atoms. The Balaban J connectivity index is 1.93. The van der Waals surface area contributed by atoms with Gasteiger partial charge in [-0.05, 0) is 29.8 Å². The summed E-state index contributed by atoms with van der Waals surface area (Å²) >= 11 is 5.80. The number of nitrogens with one attached hydrogen (secondary N) is 2. The molecule has 2 aromatic rings. The summed E-state index contributed by atoms with van der Waals surface area (Å²) in [6.45, 7) is -0.724. The summed E-state index contributed by atoms with van der Waals surface area (Å²) in [5.41, 5.74) is 5.28. The van der Waals surface area contributed by atoms with E-state index in [0.29, 0.717) is 10.6 Å². The molecule has 148 valence electrons. The van der Waals surface area contributed by atoms with Gasteiger partial charge in [-0.3, -0.25) is 9.59 Å². The van der Waals surface area contributed by atoms with Crippen molar-refractivity contribution in [2.75, 3.05) is 11.9 Å². The molecule has 0 aliphatic heterocycles. The van der Waals surface area contributed by atoms with Crippen LogP contribution in [0, 0.1) is 11.6 Å². The molecule has 1 atom stereocenters. The number of benzene rings is 2. The van der Waals surface area contributed by atoms with Gasteiger partial charge in [-0.25, -0.2) is 13.6 Å². The molecule has 0 aliphatic carbocycles. The van der Waals surface area contributed by atoms with E-state index in [4.69, 9.17) is 22.1 Å². The van der Waals surface area contributed by atoms with Gasteiger partial charge in [0.15, 0.2) is 6.61 Å². The number of hydrogen-bond acceptors (Lipinski definition) is 4. The fraction of sp³-hybridized carbons (Fsp3) is 0.167. The third-order valence-corrected chi connectivity index (χ3v) is 3.78. The Bertz CT molecular complexity index is 878. The van der Waals surface area contributed by atoms with E-state index < -0.39 is 42.2 Å². The molecule has 2 rings (SSSR count). The molecule has 2 aromatic carbocycles. The van der Waals surface area contributed by atoms with Gasteiger partial charge in [0.2, 0.25) is 0 Å². The number of ether oxygens (including phenoxy) is 1. The van der Waals surface area contributed by atoms with Crippen LogP contribution in [0.1, 0.15) is 18.0 Å². The quantitative estimate of drug-likeness (QED) is 0.608. The van der Waals surface area contributed by atoms with E-state index in [0.717, 1.165) is 18.2 Å². The van der Waals surface area contributed by atoms with Crippen LogP contribution in [0.2, 0.25) is 5.02 Å². The van der Waals surface area contributed by atoms with E-state index in [1.165, 1.54) is 0 Å². The molecule has 10 heteroatoms. The van der Waals surface area contributed by atoms with Crippen molar-refractivity contribution in [3.05, 3.63) is 64.7 Å². The molecule has 28 heavy (non-hydrogen) atoms. The van der Waals surface area contributed by atoms with Gasteiger partial charge in [0, 0.05) is 11.1 Å².